The molecule has 0 saturated heterocycles. The lowest BCUT2D eigenvalue weighted by Crippen LogP contribution is -2.75. The van der Waals surface area contributed by atoms with Crippen LogP contribution in [0.25, 0.3) is 0 Å². The van der Waals surface area contributed by atoms with Crippen LogP contribution in [0.15, 0.2) is 12.2 Å². The Morgan fingerprint density at radius 2 is 1.14 bits per heavy atom. The van der Waals surface area contributed by atoms with Crippen LogP contribution in [-0.2, 0) is 13.3 Å². The van der Waals surface area contributed by atoms with E-state index >= 15 is 0 Å². The van der Waals surface area contributed by atoms with Crippen LogP contribution in [0.2, 0.25) is 0 Å². The first kappa shape index (κ1) is 28.0. The van der Waals surface area contributed by atoms with Gasteiger partial charge < -0.3 is 13.3 Å². The minimum atomic E-state index is -7.33. The van der Waals surface area contributed by atoms with Crippen LogP contribution in [0.3, 0.4) is 0 Å². The lowest BCUT2D eigenvalue weighted by molar-refractivity contribution is -0.396. The van der Waals surface area contributed by atoms with Crippen molar-refractivity contribution in [1.82, 2.24) is 0 Å². The number of hydrogen-bond acceptors (Lipinski definition) is 3. The van der Waals surface area contributed by atoms with Gasteiger partial charge in [-0.1, -0.05) is 0 Å². The molecule has 0 aliphatic carbocycles. The lowest BCUT2D eigenvalue weighted by Gasteiger charge is -2.42. The Morgan fingerprint density at radius 3 is 1.48 bits per heavy atom. The Kier molecular flexibility index (Phi) is 8.70. The van der Waals surface area contributed by atoms with Crippen LogP contribution < -0.4 is 0 Å². The highest BCUT2D eigenvalue weighted by Crippen LogP contribution is 2.59. The Labute approximate surface area is 158 Å². The van der Waals surface area contributed by atoms with E-state index in [1.54, 1.807) is 0 Å². The molecule has 16 heteroatoms. The first-order valence-electron chi connectivity index (χ1n) is 7.41. The van der Waals surface area contributed by atoms with Crippen molar-refractivity contribution in [2.45, 2.75) is 48.5 Å². The monoisotopic (exact) mass is 476 g/mol. The second-order valence-electron chi connectivity index (χ2n) is 5.56. The van der Waals surface area contributed by atoms with Crippen molar-refractivity contribution in [3.8, 4) is 0 Å². The molecule has 0 amide bonds. The van der Waals surface area contributed by atoms with Crippen LogP contribution in [0.4, 0.5) is 52.7 Å². The van der Waals surface area contributed by atoms with Gasteiger partial charge in [-0.3, -0.25) is 0 Å². The predicted octanol–water partition coefficient (Wildman–Crippen LogP) is 5.53. The molecule has 0 radical (unpaired) electrons. The Bertz CT molecular complexity index is 565. The third-order valence-electron chi connectivity index (χ3n) is 3.83. The zero-order valence-electron chi connectivity index (χ0n) is 15.0. The van der Waals surface area contributed by atoms with Gasteiger partial charge in [-0.15, -0.1) is 0 Å². The van der Waals surface area contributed by atoms with Crippen molar-refractivity contribution in [3.63, 3.8) is 0 Å². The maximum absolute atomic E-state index is 14.1. The van der Waals surface area contributed by atoms with Crippen LogP contribution >= 0.6 is 0 Å². The smallest absolute Gasteiger partial charge is 0.373 e. The molecule has 0 aromatic carbocycles. The highest BCUT2D eigenvalue weighted by molar-refractivity contribution is 6.63. The summed E-state index contributed by atoms with van der Waals surface area (Å²) in [5, 5.41) is 0. The second kappa shape index (κ2) is 9.01. The lowest BCUT2D eigenvalue weighted by atomic mass is 9.95. The molecule has 0 heterocycles. The summed E-state index contributed by atoms with van der Waals surface area (Å²) < 4.78 is 174. The van der Waals surface area contributed by atoms with Crippen molar-refractivity contribution in [2.24, 2.45) is 0 Å². The van der Waals surface area contributed by atoms with Crippen molar-refractivity contribution < 1.29 is 66.0 Å². The molecule has 0 aliphatic heterocycles. The van der Waals surface area contributed by atoms with Crippen LogP contribution in [0, 0.1) is 0 Å². The average molecular weight is 476 g/mol. The van der Waals surface area contributed by atoms with Gasteiger partial charge in [0.1, 0.15) is 0 Å². The Hall–Kier alpha value is -1.00. The van der Waals surface area contributed by atoms with E-state index < -0.39 is 63.4 Å². The summed E-state index contributed by atoms with van der Waals surface area (Å²) in [6.45, 7) is 0. The second-order valence-corrected chi connectivity index (χ2v) is 8.52. The molecule has 0 spiro atoms. The zero-order valence-corrected chi connectivity index (χ0v) is 16.0. The van der Waals surface area contributed by atoms with Gasteiger partial charge in [0.25, 0.3) is 6.08 Å². The van der Waals surface area contributed by atoms with E-state index in [2.05, 4.69) is 13.3 Å². The zero-order chi connectivity index (χ0) is 23.5. The first-order valence-corrected chi connectivity index (χ1v) is 9.13. The molecule has 0 aromatic heterocycles. The van der Waals surface area contributed by atoms with E-state index in [0.717, 1.165) is 0 Å². The number of unbranched alkanes of at least 4 members (excludes halogenated alkanes) is 1. The minimum absolute atomic E-state index is 0.00909. The van der Waals surface area contributed by atoms with Crippen molar-refractivity contribution >= 4 is 8.80 Å². The summed E-state index contributed by atoms with van der Waals surface area (Å²) in [4.78, 5) is 0. The summed E-state index contributed by atoms with van der Waals surface area (Å²) in [5.74, 6) is -27.4. The van der Waals surface area contributed by atoms with Gasteiger partial charge >= 0.3 is 38.0 Å². The van der Waals surface area contributed by atoms with E-state index in [9.17, 15) is 52.7 Å². The molecule has 174 valence electrons. The number of allylic oxidation sites excluding steroid dienone is 1. The van der Waals surface area contributed by atoms with Gasteiger partial charge in [0.15, 0.2) is 0 Å². The molecular weight excluding hydrogens is 460 g/mol. The van der Waals surface area contributed by atoms with Crippen LogP contribution in [0.5, 0.6) is 0 Å². The summed E-state index contributed by atoms with van der Waals surface area (Å²) in [6.07, 6.45) is -6.92. The third-order valence-corrected chi connectivity index (χ3v) is 6.52. The van der Waals surface area contributed by atoms with E-state index in [0.29, 0.717) is 0 Å². The fourth-order valence-corrected chi connectivity index (χ4v) is 3.95. The largest absolute Gasteiger partial charge is 0.581 e. The molecule has 0 aliphatic rings. The van der Waals surface area contributed by atoms with E-state index in [1.165, 1.54) is 0 Å². The highest BCUT2D eigenvalue weighted by atomic mass is 28.4. The van der Waals surface area contributed by atoms with E-state index in [1.807, 2.05) is 0 Å². The highest BCUT2D eigenvalue weighted by Gasteiger charge is 2.91. The van der Waals surface area contributed by atoms with Crippen LogP contribution in [-0.4, -0.2) is 59.4 Å². The van der Waals surface area contributed by atoms with Crippen LogP contribution in [0.1, 0.15) is 19.3 Å². The molecule has 0 aromatic rings. The molecule has 29 heavy (non-hydrogen) atoms. The molecule has 0 saturated carbocycles. The molecule has 0 N–H and O–H groups in total. The standard InChI is InChI=1S/C13H16F12O3Si/c1-26-29(27-2,28-3)13(24,25)12(22,23)11(20,21)10(18,19)9(16,17)7-5-4-6-8(14)15/h6H,4-5,7H2,1-3H3. The van der Waals surface area contributed by atoms with Gasteiger partial charge in [-0.25, -0.2) is 0 Å². The number of rotatable bonds is 12. The number of halogens is 12. The number of alkyl halides is 10. The van der Waals surface area contributed by atoms with Gasteiger partial charge in [0.05, 0.1) is 0 Å². The maximum atomic E-state index is 14.1. The van der Waals surface area contributed by atoms with Crippen molar-refractivity contribution in [2.75, 3.05) is 21.3 Å². The first-order chi connectivity index (χ1) is 12.8. The molecule has 0 bridgehead atoms. The Balaban J connectivity index is 6.11. The molecule has 0 unspecified atom stereocenters. The molecule has 0 rings (SSSR count). The quantitative estimate of drug-likeness (QED) is 0.211. The molecule has 0 fully saturated rings. The topological polar surface area (TPSA) is 27.7 Å². The summed E-state index contributed by atoms with van der Waals surface area (Å²) in [5.41, 5.74) is -6.28. The number of hydrogen-bond donors (Lipinski definition) is 0. The minimum Gasteiger partial charge on any atom is -0.373 e. The van der Waals surface area contributed by atoms with Gasteiger partial charge in [0, 0.05) is 27.8 Å². The Morgan fingerprint density at radius 1 is 0.724 bits per heavy atom. The van der Waals surface area contributed by atoms with Crippen molar-refractivity contribution in [1.29, 1.82) is 0 Å². The van der Waals surface area contributed by atoms with Gasteiger partial charge in [-0.05, 0) is 18.9 Å². The van der Waals surface area contributed by atoms with Gasteiger partial charge in [-0.2, -0.15) is 52.7 Å². The van der Waals surface area contributed by atoms with Crippen molar-refractivity contribution in [3.05, 3.63) is 12.2 Å². The normalized spacial score (nSPS) is 14.9. The molecule has 3 nitrogen and oxygen atoms in total. The summed E-state index contributed by atoms with van der Waals surface area (Å²) >= 11 is 0. The fourth-order valence-electron chi connectivity index (χ4n) is 2.14. The molecule has 0 atom stereocenters. The average Bonchev–Trinajstić information content (AvgIpc) is 2.59. The third kappa shape index (κ3) is 4.53. The summed E-state index contributed by atoms with van der Waals surface area (Å²) in [7, 11) is -5.30. The SMILES string of the molecule is CO[Si](OC)(OC)C(F)(F)C(F)(F)C(F)(F)C(F)(F)C(F)(F)CCCC=C(F)F. The summed E-state index contributed by atoms with van der Waals surface area (Å²) in [6, 6.07) is 0. The fraction of sp³-hybridized carbons (Fsp3) is 0.846. The van der Waals surface area contributed by atoms with E-state index in [-0.39, 0.29) is 27.4 Å². The van der Waals surface area contributed by atoms with Gasteiger partial charge in [0.2, 0.25) is 0 Å². The maximum Gasteiger partial charge on any atom is 0.581 e. The molecular formula is C13H16F12O3Si. The van der Waals surface area contributed by atoms with E-state index in [4.69, 9.17) is 0 Å². The predicted molar refractivity (Wildman–Crippen MR) is 75.7 cm³/mol.